The van der Waals surface area contributed by atoms with Crippen LogP contribution in [0.25, 0.3) is 0 Å². The second-order valence-electron chi connectivity index (χ2n) is 5.70. The molecule has 1 atom stereocenters. The maximum absolute atomic E-state index is 10.4. The Morgan fingerprint density at radius 3 is 2.40 bits per heavy atom. The van der Waals surface area contributed by atoms with Crippen molar-refractivity contribution in [2.24, 2.45) is 0 Å². The van der Waals surface area contributed by atoms with Crippen molar-refractivity contribution in [3.05, 3.63) is 0 Å². The fourth-order valence-electron chi connectivity index (χ4n) is 2.58. The molecule has 0 saturated heterocycles. The predicted octanol–water partition coefficient (Wildman–Crippen LogP) is 1.08. The van der Waals surface area contributed by atoms with Crippen LogP contribution in [0.15, 0.2) is 0 Å². The van der Waals surface area contributed by atoms with Gasteiger partial charge in [-0.2, -0.15) is 0 Å². The van der Waals surface area contributed by atoms with E-state index in [0.717, 1.165) is 25.7 Å². The zero-order valence-electron chi connectivity index (χ0n) is 12.8. The third-order valence-electron chi connectivity index (χ3n) is 3.75. The molecule has 1 unspecified atom stereocenters. The summed E-state index contributed by atoms with van der Waals surface area (Å²) in [5, 5.41) is 23.4. The molecule has 0 aliphatic heterocycles. The highest BCUT2D eigenvalue weighted by Crippen LogP contribution is 2.26. The summed E-state index contributed by atoms with van der Waals surface area (Å²) < 4.78 is 10.5. The third-order valence-corrected chi connectivity index (χ3v) is 3.75. The van der Waals surface area contributed by atoms with Crippen LogP contribution in [-0.4, -0.2) is 61.4 Å². The SMILES string of the molecule is CCOCCOCC(O)CNCC1(O)CCCCCC1. The van der Waals surface area contributed by atoms with E-state index in [2.05, 4.69) is 5.32 Å². The van der Waals surface area contributed by atoms with E-state index >= 15 is 0 Å². The van der Waals surface area contributed by atoms with Crippen LogP contribution in [0.5, 0.6) is 0 Å². The van der Waals surface area contributed by atoms with Crippen molar-refractivity contribution in [2.75, 3.05) is 39.5 Å². The topological polar surface area (TPSA) is 71.0 Å². The van der Waals surface area contributed by atoms with Crippen molar-refractivity contribution in [2.45, 2.75) is 57.2 Å². The fourth-order valence-corrected chi connectivity index (χ4v) is 2.58. The molecule has 20 heavy (non-hydrogen) atoms. The molecule has 5 nitrogen and oxygen atoms in total. The van der Waals surface area contributed by atoms with Crippen LogP contribution in [0.2, 0.25) is 0 Å². The number of aliphatic hydroxyl groups excluding tert-OH is 1. The van der Waals surface area contributed by atoms with Crippen molar-refractivity contribution in [1.29, 1.82) is 0 Å². The lowest BCUT2D eigenvalue weighted by Gasteiger charge is -2.27. The van der Waals surface area contributed by atoms with Crippen LogP contribution >= 0.6 is 0 Å². The highest BCUT2D eigenvalue weighted by Gasteiger charge is 2.27. The molecule has 0 aromatic heterocycles. The predicted molar refractivity (Wildman–Crippen MR) is 78.8 cm³/mol. The summed E-state index contributed by atoms with van der Waals surface area (Å²) in [6.45, 7) is 5.02. The number of aliphatic hydroxyl groups is 2. The average Bonchev–Trinajstić information content (AvgIpc) is 2.64. The first kappa shape index (κ1) is 17.9. The molecule has 0 aromatic carbocycles. The van der Waals surface area contributed by atoms with Gasteiger partial charge in [-0.15, -0.1) is 0 Å². The molecule has 0 bridgehead atoms. The average molecular weight is 289 g/mol. The van der Waals surface area contributed by atoms with E-state index < -0.39 is 11.7 Å². The van der Waals surface area contributed by atoms with Gasteiger partial charge in [-0.3, -0.25) is 0 Å². The van der Waals surface area contributed by atoms with Crippen LogP contribution < -0.4 is 5.32 Å². The molecular formula is C15H31NO4. The standard InChI is InChI=1S/C15H31NO4/c1-2-19-9-10-20-12-14(17)11-16-13-15(18)7-5-3-4-6-8-15/h14,16-18H,2-13H2,1H3. The van der Waals surface area contributed by atoms with Gasteiger partial charge < -0.3 is 25.0 Å². The minimum Gasteiger partial charge on any atom is -0.389 e. The Bertz CT molecular complexity index is 230. The largest absolute Gasteiger partial charge is 0.389 e. The van der Waals surface area contributed by atoms with Gasteiger partial charge in [0.2, 0.25) is 0 Å². The summed E-state index contributed by atoms with van der Waals surface area (Å²) in [5.74, 6) is 0. The molecule has 1 saturated carbocycles. The Labute approximate surface area is 122 Å². The Morgan fingerprint density at radius 1 is 1.10 bits per heavy atom. The molecule has 1 fully saturated rings. The lowest BCUT2D eigenvalue weighted by molar-refractivity contribution is -0.00131. The van der Waals surface area contributed by atoms with E-state index in [0.29, 0.717) is 39.5 Å². The third kappa shape index (κ3) is 8.17. The summed E-state index contributed by atoms with van der Waals surface area (Å²) in [6, 6.07) is 0. The number of nitrogens with one attached hydrogen (secondary N) is 1. The monoisotopic (exact) mass is 289 g/mol. The van der Waals surface area contributed by atoms with Gasteiger partial charge in [-0.1, -0.05) is 25.7 Å². The molecule has 0 amide bonds. The Hall–Kier alpha value is -0.200. The Morgan fingerprint density at radius 2 is 1.75 bits per heavy atom. The Balaban J connectivity index is 2.04. The van der Waals surface area contributed by atoms with Gasteiger partial charge in [0, 0.05) is 19.7 Å². The van der Waals surface area contributed by atoms with E-state index in [9.17, 15) is 10.2 Å². The molecule has 0 radical (unpaired) electrons. The first-order valence-corrected chi connectivity index (χ1v) is 7.93. The van der Waals surface area contributed by atoms with Gasteiger partial charge in [0.25, 0.3) is 0 Å². The quantitative estimate of drug-likeness (QED) is 0.415. The summed E-state index contributed by atoms with van der Waals surface area (Å²) in [4.78, 5) is 0. The molecule has 1 rings (SSSR count). The summed E-state index contributed by atoms with van der Waals surface area (Å²) >= 11 is 0. The van der Waals surface area contributed by atoms with Crippen LogP contribution in [-0.2, 0) is 9.47 Å². The van der Waals surface area contributed by atoms with E-state index in [-0.39, 0.29) is 0 Å². The van der Waals surface area contributed by atoms with E-state index in [1.807, 2.05) is 6.92 Å². The maximum Gasteiger partial charge on any atom is 0.0897 e. The highest BCUT2D eigenvalue weighted by atomic mass is 16.5. The minimum atomic E-state index is -0.591. The van der Waals surface area contributed by atoms with Gasteiger partial charge in [0.1, 0.15) is 0 Å². The molecule has 0 spiro atoms. The first-order valence-electron chi connectivity index (χ1n) is 7.93. The van der Waals surface area contributed by atoms with Crippen LogP contribution in [0, 0.1) is 0 Å². The number of hydrogen-bond acceptors (Lipinski definition) is 5. The molecule has 3 N–H and O–H groups in total. The van der Waals surface area contributed by atoms with Crippen molar-refractivity contribution < 1.29 is 19.7 Å². The molecule has 0 heterocycles. The van der Waals surface area contributed by atoms with Crippen molar-refractivity contribution >= 4 is 0 Å². The van der Waals surface area contributed by atoms with Crippen LogP contribution in [0.3, 0.4) is 0 Å². The molecule has 1 aliphatic rings. The van der Waals surface area contributed by atoms with Gasteiger partial charge in [-0.05, 0) is 19.8 Å². The summed E-state index contributed by atoms with van der Waals surface area (Å²) in [7, 11) is 0. The van der Waals surface area contributed by atoms with Crippen molar-refractivity contribution in [1.82, 2.24) is 5.32 Å². The molecular weight excluding hydrogens is 258 g/mol. The highest BCUT2D eigenvalue weighted by molar-refractivity contribution is 4.83. The number of rotatable bonds is 10. The Kier molecular flexibility index (Phi) is 9.39. The van der Waals surface area contributed by atoms with Crippen molar-refractivity contribution in [3.63, 3.8) is 0 Å². The lowest BCUT2D eigenvalue weighted by Crippen LogP contribution is -2.43. The molecule has 5 heteroatoms. The summed E-state index contributed by atoms with van der Waals surface area (Å²) in [6.07, 6.45) is 5.83. The van der Waals surface area contributed by atoms with Crippen LogP contribution in [0.4, 0.5) is 0 Å². The minimum absolute atomic E-state index is 0.304. The maximum atomic E-state index is 10.4. The smallest absolute Gasteiger partial charge is 0.0897 e. The first-order chi connectivity index (χ1) is 9.66. The molecule has 0 aromatic rings. The van der Waals surface area contributed by atoms with Crippen LogP contribution in [0.1, 0.15) is 45.4 Å². The zero-order valence-corrected chi connectivity index (χ0v) is 12.8. The van der Waals surface area contributed by atoms with Gasteiger partial charge in [0.05, 0.1) is 31.5 Å². The molecule has 120 valence electrons. The van der Waals surface area contributed by atoms with E-state index in [4.69, 9.17) is 9.47 Å². The molecule has 1 aliphatic carbocycles. The van der Waals surface area contributed by atoms with E-state index in [1.165, 1.54) is 12.8 Å². The second kappa shape index (κ2) is 10.5. The lowest BCUT2D eigenvalue weighted by atomic mass is 9.94. The zero-order chi connectivity index (χ0) is 14.7. The number of ether oxygens (including phenoxy) is 2. The van der Waals surface area contributed by atoms with Gasteiger partial charge in [-0.25, -0.2) is 0 Å². The van der Waals surface area contributed by atoms with E-state index in [1.54, 1.807) is 0 Å². The number of hydrogen-bond donors (Lipinski definition) is 3. The summed E-state index contributed by atoms with van der Waals surface area (Å²) in [5.41, 5.74) is -0.591. The fraction of sp³-hybridized carbons (Fsp3) is 1.00. The second-order valence-corrected chi connectivity index (χ2v) is 5.70. The normalized spacial score (nSPS) is 20.6. The van der Waals surface area contributed by atoms with Gasteiger partial charge in [0.15, 0.2) is 0 Å². The van der Waals surface area contributed by atoms with Gasteiger partial charge >= 0.3 is 0 Å². The van der Waals surface area contributed by atoms with Crippen molar-refractivity contribution in [3.8, 4) is 0 Å².